The molecule has 0 radical (unpaired) electrons. The van der Waals surface area contributed by atoms with Gasteiger partial charge in [0.05, 0.1) is 11.7 Å². The molecule has 17 heavy (non-hydrogen) atoms. The van der Waals surface area contributed by atoms with E-state index in [9.17, 15) is 13.2 Å². The van der Waals surface area contributed by atoms with Crippen molar-refractivity contribution in [1.29, 1.82) is 0 Å². The lowest BCUT2D eigenvalue weighted by molar-refractivity contribution is 0.445. The first-order chi connectivity index (χ1) is 8.00. The van der Waals surface area contributed by atoms with Crippen molar-refractivity contribution in [3.05, 3.63) is 35.4 Å². The summed E-state index contributed by atoms with van der Waals surface area (Å²) in [7, 11) is 0. The maximum absolute atomic E-state index is 13.0. The molecule has 0 aliphatic rings. The van der Waals surface area contributed by atoms with Crippen LogP contribution in [0, 0.1) is 17.5 Å². The molecule has 2 aromatic rings. The zero-order valence-electron chi connectivity index (χ0n) is 8.73. The third-order valence-electron chi connectivity index (χ3n) is 2.11. The molecule has 0 spiro atoms. The molecular weight excluding hydrogens is 235 g/mol. The Bertz CT molecular complexity index is 528. The molecule has 2 N–H and O–H groups in total. The lowest BCUT2D eigenvalue weighted by atomic mass is 10.2. The first-order valence-electron chi connectivity index (χ1n) is 4.69. The van der Waals surface area contributed by atoms with Crippen molar-refractivity contribution in [3.8, 4) is 5.69 Å². The summed E-state index contributed by atoms with van der Waals surface area (Å²) in [4.78, 5) is 0. The van der Waals surface area contributed by atoms with Crippen LogP contribution >= 0.6 is 0 Å². The van der Waals surface area contributed by atoms with Gasteiger partial charge in [-0.3, -0.25) is 0 Å². The SMILES string of the molecule is CC(N)c1nnnn1-c1cc(F)c(F)c(F)c1. The summed E-state index contributed by atoms with van der Waals surface area (Å²) in [6.45, 7) is 1.61. The second-order valence-corrected chi connectivity index (χ2v) is 3.46. The maximum Gasteiger partial charge on any atom is 0.194 e. The van der Waals surface area contributed by atoms with Crippen molar-refractivity contribution in [2.75, 3.05) is 0 Å². The fourth-order valence-electron chi connectivity index (χ4n) is 1.33. The van der Waals surface area contributed by atoms with Gasteiger partial charge in [0.1, 0.15) is 0 Å². The number of hydrogen-bond donors (Lipinski definition) is 1. The molecule has 90 valence electrons. The van der Waals surface area contributed by atoms with Gasteiger partial charge in [0.15, 0.2) is 23.3 Å². The average Bonchev–Trinajstić information content (AvgIpc) is 2.74. The van der Waals surface area contributed by atoms with E-state index in [0.29, 0.717) is 0 Å². The fourth-order valence-corrected chi connectivity index (χ4v) is 1.33. The Hall–Kier alpha value is -1.96. The fraction of sp³-hybridized carbons (Fsp3) is 0.222. The Kier molecular flexibility index (Phi) is 2.80. The van der Waals surface area contributed by atoms with Crippen molar-refractivity contribution < 1.29 is 13.2 Å². The number of halogens is 3. The van der Waals surface area contributed by atoms with E-state index in [1.54, 1.807) is 6.92 Å². The van der Waals surface area contributed by atoms with E-state index in [1.807, 2.05) is 0 Å². The third kappa shape index (κ3) is 1.98. The monoisotopic (exact) mass is 243 g/mol. The van der Waals surface area contributed by atoms with Crippen LogP contribution in [0.2, 0.25) is 0 Å². The number of nitrogens with two attached hydrogens (primary N) is 1. The smallest absolute Gasteiger partial charge is 0.194 e. The summed E-state index contributed by atoms with van der Waals surface area (Å²) in [5.74, 6) is -3.95. The van der Waals surface area contributed by atoms with Gasteiger partial charge in [0, 0.05) is 12.1 Å². The van der Waals surface area contributed by atoms with Crippen molar-refractivity contribution in [2.24, 2.45) is 5.73 Å². The molecule has 1 atom stereocenters. The molecule has 0 amide bonds. The summed E-state index contributed by atoms with van der Waals surface area (Å²) >= 11 is 0. The number of nitrogens with zero attached hydrogens (tertiary/aromatic N) is 4. The Morgan fingerprint density at radius 2 is 1.82 bits per heavy atom. The summed E-state index contributed by atoms with van der Waals surface area (Å²) in [5, 5.41) is 10.5. The van der Waals surface area contributed by atoms with E-state index in [2.05, 4.69) is 15.5 Å². The minimum atomic E-state index is -1.54. The van der Waals surface area contributed by atoms with Gasteiger partial charge in [-0.05, 0) is 17.4 Å². The molecular formula is C9H8F3N5. The molecule has 1 aromatic heterocycles. The van der Waals surface area contributed by atoms with Crippen LogP contribution in [0.1, 0.15) is 18.8 Å². The van der Waals surface area contributed by atoms with Gasteiger partial charge in [0.2, 0.25) is 0 Å². The van der Waals surface area contributed by atoms with Crippen LogP contribution in [-0.4, -0.2) is 20.2 Å². The van der Waals surface area contributed by atoms with Crippen LogP contribution in [-0.2, 0) is 0 Å². The predicted molar refractivity (Wildman–Crippen MR) is 51.6 cm³/mol. The standard InChI is InChI=1S/C9H8F3N5/c1-4(13)9-14-15-16-17(9)5-2-6(10)8(12)7(11)3-5/h2-4H,13H2,1H3. The quantitative estimate of drug-likeness (QED) is 0.802. The highest BCUT2D eigenvalue weighted by Gasteiger charge is 2.16. The average molecular weight is 243 g/mol. The van der Waals surface area contributed by atoms with E-state index in [0.717, 1.165) is 16.8 Å². The first kappa shape index (κ1) is 11.5. The lowest BCUT2D eigenvalue weighted by Gasteiger charge is -2.07. The molecule has 2 rings (SSSR count). The number of tetrazole rings is 1. The number of rotatable bonds is 2. The van der Waals surface area contributed by atoms with Gasteiger partial charge >= 0.3 is 0 Å². The molecule has 0 bridgehead atoms. The molecule has 0 saturated carbocycles. The minimum Gasteiger partial charge on any atom is -0.321 e. The number of benzene rings is 1. The summed E-state index contributed by atoms with van der Waals surface area (Å²) in [6, 6.07) is 1.06. The van der Waals surface area contributed by atoms with Gasteiger partial charge in [-0.15, -0.1) is 5.10 Å². The van der Waals surface area contributed by atoms with Crippen molar-refractivity contribution in [3.63, 3.8) is 0 Å². The van der Waals surface area contributed by atoms with E-state index in [-0.39, 0.29) is 11.5 Å². The van der Waals surface area contributed by atoms with Crippen molar-refractivity contribution in [1.82, 2.24) is 20.2 Å². The molecule has 0 fully saturated rings. The highest BCUT2D eigenvalue weighted by atomic mass is 19.2. The lowest BCUT2D eigenvalue weighted by Crippen LogP contribution is -2.14. The molecule has 0 saturated heterocycles. The minimum absolute atomic E-state index is 0.0290. The van der Waals surface area contributed by atoms with Crippen LogP contribution in [0.5, 0.6) is 0 Å². The Balaban J connectivity index is 2.57. The Morgan fingerprint density at radius 3 is 2.35 bits per heavy atom. The number of hydrogen-bond acceptors (Lipinski definition) is 4. The topological polar surface area (TPSA) is 69.6 Å². The second kappa shape index (κ2) is 4.13. The van der Waals surface area contributed by atoms with Crippen LogP contribution in [0.25, 0.3) is 5.69 Å². The molecule has 1 unspecified atom stereocenters. The van der Waals surface area contributed by atoms with Crippen molar-refractivity contribution >= 4 is 0 Å². The zero-order chi connectivity index (χ0) is 12.6. The first-order valence-corrected chi connectivity index (χ1v) is 4.69. The van der Waals surface area contributed by atoms with Gasteiger partial charge in [0.25, 0.3) is 0 Å². The highest BCUT2D eigenvalue weighted by Crippen LogP contribution is 2.18. The van der Waals surface area contributed by atoms with Crippen LogP contribution in [0.15, 0.2) is 12.1 Å². The molecule has 8 heteroatoms. The van der Waals surface area contributed by atoms with Gasteiger partial charge in [-0.1, -0.05) is 0 Å². The molecule has 0 aliphatic heterocycles. The predicted octanol–water partition coefficient (Wildman–Crippen LogP) is 1.10. The van der Waals surface area contributed by atoms with Crippen LogP contribution in [0.4, 0.5) is 13.2 Å². The summed E-state index contributed by atoms with van der Waals surface area (Å²) in [5.41, 5.74) is 5.55. The van der Waals surface area contributed by atoms with Gasteiger partial charge in [-0.25, -0.2) is 13.2 Å². The van der Waals surface area contributed by atoms with Crippen molar-refractivity contribution in [2.45, 2.75) is 13.0 Å². The van der Waals surface area contributed by atoms with Gasteiger partial charge < -0.3 is 5.73 Å². The summed E-state index contributed by atoms with van der Waals surface area (Å²) < 4.78 is 39.9. The molecule has 5 nitrogen and oxygen atoms in total. The molecule has 0 aliphatic carbocycles. The zero-order valence-corrected chi connectivity index (χ0v) is 8.73. The molecule has 1 heterocycles. The second-order valence-electron chi connectivity index (χ2n) is 3.46. The third-order valence-corrected chi connectivity index (χ3v) is 2.11. The van der Waals surface area contributed by atoms with E-state index >= 15 is 0 Å². The largest absolute Gasteiger partial charge is 0.321 e. The van der Waals surface area contributed by atoms with Crippen LogP contribution < -0.4 is 5.73 Å². The normalized spacial score (nSPS) is 12.8. The molecule has 1 aromatic carbocycles. The van der Waals surface area contributed by atoms with E-state index < -0.39 is 23.5 Å². The maximum atomic E-state index is 13.0. The van der Waals surface area contributed by atoms with E-state index in [1.165, 1.54) is 0 Å². The summed E-state index contributed by atoms with van der Waals surface area (Å²) in [6.07, 6.45) is 0. The Labute approximate surface area is 94.0 Å². The Morgan fingerprint density at radius 1 is 1.24 bits per heavy atom. The van der Waals surface area contributed by atoms with Crippen LogP contribution in [0.3, 0.4) is 0 Å². The van der Waals surface area contributed by atoms with E-state index in [4.69, 9.17) is 5.73 Å². The van der Waals surface area contributed by atoms with Gasteiger partial charge in [-0.2, -0.15) is 4.68 Å². The number of aromatic nitrogens is 4. The highest BCUT2D eigenvalue weighted by molar-refractivity contribution is 5.33.